The lowest BCUT2D eigenvalue weighted by Crippen LogP contribution is -2.36. The topological polar surface area (TPSA) is 66.4 Å². The summed E-state index contributed by atoms with van der Waals surface area (Å²) in [6, 6.07) is 0. The molecule has 0 amide bonds. The van der Waals surface area contributed by atoms with Crippen molar-refractivity contribution < 1.29 is 22.9 Å². The minimum Gasteiger partial charge on any atom is -0.520 e. The van der Waals surface area contributed by atoms with Gasteiger partial charge in [-0.3, -0.25) is 4.79 Å². The van der Waals surface area contributed by atoms with Crippen LogP contribution in [0.3, 0.4) is 0 Å². The molecule has 0 spiro atoms. The van der Waals surface area contributed by atoms with Crippen LogP contribution in [0.25, 0.3) is 0 Å². The quantitative estimate of drug-likeness (QED) is 0.0592. The minimum atomic E-state index is -1.81. The Bertz CT molecular complexity index is 783. The molecule has 0 saturated heterocycles. The molecule has 6 nitrogen and oxygen atoms in total. The summed E-state index contributed by atoms with van der Waals surface area (Å²) in [4.78, 5) is 17.7. The van der Waals surface area contributed by atoms with E-state index in [-0.39, 0.29) is 12.1 Å². The predicted molar refractivity (Wildman–Crippen MR) is 178 cm³/mol. The van der Waals surface area contributed by atoms with Gasteiger partial charge in [0.15, 0.2) is 16.6 Å². The summed E-state index contributed by atoms with van der Waals surface area (Å²) in [5, 5.41) is 4.61. The lowest BCUT2D eigenvalue weighted by Gasteiger charge is -2.32. The predicted octanol–water partition coefficient (Wildman–Crippen LogP) is 9.31. The van der Waals surface area contributed by atoms with Gasteiger partial charge >= 0.3 is 0 Å². The van der Waals surface area contributed by atoms with E-state index in [1.54, 1.807) is 0 Å². The number of allylic oxidation sites excluding steroid dienone is 2. The van der Waals surface area contributed by atoms with Crippen LogP contribution in [0.5, 0.6) is 0 Å². The molecule has 0 aromatic heterocycles. The van der Waals surface area contributed by atoms with E-state index in [0.29, 0.717) is 31.0 Å². The third kappa shape index (κ3) is 17.3. The smallest absolute Gasteiger partial charge is 0.292 e. The van der Waals surface area contributed by atoms with Gasteiger partial charge in [0.25, 0.3) is 5.97 Å². The Labute approximate surface area is 250 Å². The molecule has 0 heterocycles. The molecule has 4 atom stereocenters. The Morgan fingerprint density at radius 1 is 0.925 bits per heavy atom. The highest BCUT2D eigenvalue weighted by Crippen LogP contribution is 2.40. The zero-order chi connectivity index (χ0) is 30.4. The first-order valence-corrected chi connectivity index (χ1v) is 26.2. The zero-order valence-electron chi connectivity index (χ0n) is 27.9. The minimum absolute atomic E-state index is 0.0603. The highest BCUT2D eigenvalue weighted by Gasteiger charge is 2.43. The average molecular weight is 614 g/mol. The van der Waals surface area contributed by atoms with Crippen molar-refractivity contribution >= 4 is 36.6 Å². The van der Waals surface area contributed by atoms with Crippen molar-refractivity contribution in [1.29, 1.82) is 0 Å². The normalized spacial score (nSPS) is 22.3. The van der Waals surface area contributed by atoms with Crippen LogP contribution in [-0.4, -0.2) is 55.4 Å². The van der Waals surface area contributed by atoms with E-state index < -0.39 is 25.0 Å². The number of rotatable bonds is 20. The van der Waals surface area contributed by atoms with E-state index in [1.165, 1.54) is 19.3 Å². The van der Waals surface area contributed by atoms with Crippen molar-refractivity contribution in [2.75, 3.05) is 6.61 Å². The van der Waals surface area contributed by atoms with Gasteiger partial charge < -0.3 is 18.1 Å². The maximum Gasteiger partial charge on any atom is 0.292 e. The molecular formula is C31H63NO5Si3. The van der Waals surface area contributed by atoms with Gasteiger partial charge in [-0.05, 0) is 110 Å². The molecular weight excluding hydrogens is 551 g/mol. The Morgan fingerprint density at radius 3 is 2.20 bits per heavy atom. The van der Waals surface area contributed by atoms with Crippen LogP contribution < -0.4 is 0 Å². The van der Waals surface area contributed by atoms with Crippen molar-refractivity contribution in [1.82, 2.24) is 0 Å². The molecule has 1 rings (SSSR count). The SMILES string of the molecule is CCCCC[C@@H](CC[C@H]1[C@H](O[Si](C)(C)C)C/C(=N\OCC)[C@@H]1C/C=C\CCCC(=O)O[Si](C)(C)C)O[Si](C)(C)C. The van der Waals surface area contributed by atoms with E-state index in [1.807, 2.05) is 26.6 Å². The van der Waals surface area contributed by atoms with Crippen LogP contribution in [0.1, 0.15) is 84.5 Å². The van der Waals surface area contributed by atoms with Gasteiger partial charge in [0.05, 0.1) is 11.8 Å². The van der Waals surface area contributed by atoms with Crippen LogP contribution in [-0.2, 0) is 22.9 Å². The van der Waals surface area contributed by atoms with Gasteiger partial charge in [-0.1, -0.05) is 43.5 Å². The van der Waals surface area contributed by atoms with Crippen molar-refractivity contribution in [3.8, 4) is 0 Å². The molecule has 0 N–H and O–H groups in total. The number of carbonyl (C=O) groups excluding carboxylic acids is 1. The highest BCUT2D eigenvalue weighted by atomic mass is 28.4. The fraction of sp³-hybridized carbons (Fsp3) is 0.871. The molecule has 234 valence electrons. The van der Waals surface area contributed by atoms with Crippen LogP contribution in [0.2, 0.25) is 58.9 Å². The van der Waals surface area contributed by atoms with Crippen LogP contribution >= 0.6 is 0 Å². The molecule has 40 heavy (non-hydrogen) atoms. The third-order valence-corrected chi connectivity index (χ3v) is 9.74. The van der Waals surface area contributed by atoms with E-state index in [4.69, 9.17) is 18.1 Å². The summed E-state index contributed by atoms with van der Waals surface area (Å²) in [5.74, 6) is 0.653. The summed E-state index contributed by atoms with van der Waals surface area (Å²) in [5.41, 5.74) is 1.15. The van der Waals surface area contributed by atoms with E-state index in [2.05, 4.69) is 63.5 Å². The van der Waals surface area contributed by atoms with E-state index in [0.717, 1.165) is 50.7 Å². The Morgan fingerprint density at radius 2 is 1.62 bits per heavy atom. The molecule has 0 aromatic rings. The highest BCUT2D eigenvalue weighted by molar-refractivity contribution is 6.71. The molecule has 0 unspecified atom stereocenters. The van der Waals surface area contributed by atoms with Gasteiger partial charge in [0.1, 0.15) is 6.61 Å². The first-order valence-electron chi connectivity index (χ1n) is 16.0. The fourth-order valence-electron chi connectivity index (χ4n) is 5.43. The van der Waals surface area contributed by atoms with Crippen molar-refractivity contribution in [3.63, 3.8) is 0 Å². The number of unbranched alkanes of at least 4 members (excludes halogenated alkanes) is 3. The number of oxime groups is 1. The van der Waals surface area contributed by atoms with Crippen molar-refractivity contribution in [2.45, 2.75) is 156 Å². The molecule has 0 bridgehead atoms. The zero-order valence-corrected chi connectivity index (χ0v) is 30.9. The van der Waals surface area contributed by atoms with E-state index in [9.17, 15) is 4.79 Å². The van der Waals surface area contributed by atoms with Gasteiger partial charge in [-0.2, -0.15) is 0 Å². The number of hydrogen-bond acceptors (Lipinski definition) is 6. The summed E-state index contributed by atoms with van der Waals surface area (Å²) in [6.07, 6.45) is 16.0. The molecule has 9 heteroatoms. The molecule has 1 saturated carbocycles. The Hall–Kier alpha value is -0.749. The number of hydrogen-bond donors (Lipinski definition) is 0. The third-order valence-electron chi connectivity index (χ3n) is 6.85. The van der Waals surface area contributed by atoms with Crippen LogP contribution in [0.4, 0.5) is 0 Å². The van der Waals surface area contributed by atoms with Gasteiger partial charge in [-0.25, -0.2) is 0 Å². The Kier molecular flexibility index (Phi) is 16.8. The number of carbonyl (C=O) groups is 1. The van der Waals surface area contributed by atoms with Gasteiger partial charge in [0.2, 0.25) is 8.32 Å². The van der Waals surface area contributed by atoms with Gasteiger partial charge in [0, 0.05) is 24.9 Å². The maximum atomic E-state index is 12.1. The lowest BCUT2D eigenvalue weighted by molar-refractivity contribution is -0.135. The largest absolute Gasteiger partial charge is 0.520 e. The second kappa shape index (κ2) is 18.0. The summed E-state index contributed by atoms with van der Waals surface area (Å²) >= 11 is 0. The number of nitrogens with zero attached hydrogens (tertiary/aromatic N) is 1. The molecule has 0 aromatic carbocycles. The Balaban J connectivity index is 2.99. The second-order valence-corrected chi connectivity index (χ2v) is 27.7. The summed E-state index contributed by atoms with van der Waals surface area (Å²) in [6.45, 7) is 24.7. The molecule has 1 aliphatic carbocycles. The maximum absolute atomic E-state index is 12.1. The molecule has 1 aliphatic rings. The first-order chi connectivity index (χ1) is 18.5. The van der Waals surface area contributed by atoms with Crippen molar-refractivity contribution in [2.24, 2.45) is 17.0 Å². The second-order valence-electron chi connectivity index (χ2n) is 14.4. The van der Waals surface area contributed by atoms with Crippen molar-refractivity contribution in [3.05, 3.63) is 12.2 Å². The monoisotopic (exact) mass is 613 g/mol. The summed E-state index contributed by atoms with van der Waals surface area (Å²) in [7, 11) is -5.17. The van der Waals surface area contributed by atoms with Crippen LogP contribution in [0, 0.1) is 11.8 Å². The standard InChI is InChI=1S/C31H63NO5Si3/c1-12-14-17-20-26(35-38(3,4)5)23-24-28-27(21-18-15-16-19-22-31(33)37-40(9,10)11)29(32-34-13-2)25-30(28)36-39(6,7)8/h15,18,26-28,30H,12-14,16-17,19-25H2,1-11H3/b18-15-,32-29+/t26-,27+,28+,30+/m0/s1. The molecule has 0 radical (unpaired) electrons. The molecule has 0 aliphatic heterocycles. The first kappa shape index (κ1) is 37.3. The lowest BCUT2D eigenvalue weighted by atomic mass is 9.86. The summed E-state index contributed by atoms with van der Waals surface area (Å²) < 4.78 is 19.1. The molecule has 1 fully saturated rings. The van der Waals surface area contributed by atoms with Gasteiger partial charge in [-0.15, -0.1) is 0 Å². The fourth-order valence-corrected chi connectivity index (χ4v) is 8.62. The average Bonchev–Trinajstić information content (AvgIpc) is 3.10. The van der Waals surface area contributed by atoms with E-state index >= 15 is 0 Å². The van der Waals surface area contributed by atoms with Crippen LogP contribution in [0.15, 0.2) is 17.3 Å².